The number of nitrogens with one attached hydrogen (secondary N) is 2. The van der Waals surface area contributed by atoms with Gasteiger partial charge in [-0.1, -0.05) is 30.3 Å². The first kappa shape index (κ1) is 13.1. The second-order valence-electron chi connectivity index (χ2n) is 4.54. The quantitative estimate of drug-likeness (QED) is 0.771. The Labute approximate surface area is 121 Å². The highest BCUT2D eigenvalue weighted by molar-refractivity contribution is 6.02. The first-order chi connectivity index (χ1) is 10.3. The number of nitrogens with zero attached hydrogens (tertiary/aromatic N) is 3. The molecule has 0 aliphatic carbocycles. The number of hydrogen-bond acceptors (Lipinski definition) is 3. The Bertz CT molecular complexity index is 744. The third kappa shape index (κ3) is 2.84. The number of amides is 1. The summed E-state index contributed by atoms with van der Waals surface area (Å²) in [7, 11) is 0. The van der Waals surface area contributed by atoms with E-state index < -0.39 is 0 Å². The number of carbonyl (C=O) groups is 1. The fourth-order valence-corrected chi connectivity index (χ4v) is 1.99. The van der Waals surface area contributed by atoms with Crippen molar-refractivity contribution in [3.05, 3.63) is 54.4 Å². The van der Waals surface area contributed by atoms with Gasteiger partial charge >= 0.3 is 0 Å². The van der Waals surface area contributed by atoms with Gasteiger partial charge in [0.15, 0.2) is 11.5 Å². The van der Waals surface area contributed by atoms with Gasteiger partial charge in [-0.25, -0.2) is 0 Å². The fourth-order valence-electron chi connectivity index (χ4n) is 1.99. The summed E-state index contributed by atoms with van der Waals surface area (Å²) in [6.45, 7) is 2.70. The van der Waals surface area contributed by atoms with Gasteiger partial charge in [-0.05, 0) is 18.6 Å². The first-order valence-electron chi connectivity index (χ1n) is 6.72. The maximum absolute atomic E-state index is 12.0. The van der Waals surface area contributed by atoms with E-state index >= 15 is 0 Å². The average molecular weight is 281 g/mol. The summed E-state index contributed by atoms with van der Waals surface area (Å²) >= 11 is 0. The molecule has 1 aromatic carbocycles. The van der Waals surface area contributed by atoms with Gasteiger partial charge in [0.2, 0.25) is 0 Å². The second-order valence-corrected chi connectivity index (χ2v) is 4.54. The number of aryl methyl sites for hydroxylation is 1. The monoisotopic (exact) mass is 281 g/mol. The van der Waals surface area contributed by atoms with Crippen LogP contribution in [-0.4, -0.2) is 25.9 Å². The summed E-state index contributed by atoms with van der Waals surface area (Å²) in [5, 5.41) is 13.9. The van der Waals surface area contributed by atoms with Crippen molar-refractivity contribution in [1.82, 2.24) is 20.0 Å². The van der Waals surface area contributed by atoms with E-state index in [-0.39, 0.29) is 5.91 Å². The molecule has 0 aliphatic rings. The zero-order chi connectivity index (χ0) is 14.7. The number of rotatable bonds is 4. The largest absolute Gasteiger partial charge is 0.304 e. The molecule has 0 atom stereocenters. The highest BCUT2D eigenvalue weighted by atomic mass is 16.2. The molecule has 0 saturated heterocycles. The van der Waals surface area contributed by atoms with Crippen LogP contribution in [0.3, 0.4) is 0 Å². The molecule has 3 rings (SSSR count). The van der Waals surface area contributed by atoms with E-state index in [9.17, 15) is 4.79 Å². The number of aromatic nitrogens is 4. The van der Waals surface area contributed by atoms with Crippen LogP contribution in [0.15, 0.2) is 48.7 Å². The zero-order valence-electron chi connectivity index (χ0n) is 11.6. The van der Waals surface area contributed by atoms with Crippen molar-refractivity contribution in [3.8, 4) is 11.3 Å². The number of carbonyl (C=O) groups excluding carboxylic acids is 1. The Morgan fingerprint density at radius 2 is 2.10 bits per heavy atom. The smallest absolute Gasteiger partial charge is 0.277 e. The summed E-state index contributed by atoms with van der Waals surface area (Å²) in [6, 6.07) is 13.3. The van der Waals surface area contributed by atoms with Gasteiger partial charge in [0.05, 0.1) is 5.69 Å². The van der Waals surface area contributed by atoms with Crippen LogP contribution in [0.5, 0.6) is 0 Å². The normalized spacial score (nSPS) is 10.5. The molecular formula is C15H15N5O. The van der Waals surface area contributed by atoms with E-state index in [1.807, 2.05) is 37.3 Å². The summed E-state index contributed by atoms with van der Waals surface area (Å²) in [5.74, 6) is 0.207. The Balaban J connectivity index is 1.74. The van der Waals surface area contributed by atoms with Crippen LogP contribution < -0.4 is 5.32 Å². The lowest BCUT2D eigenvalue weighted by molar-refractivity contribution is 0.102. The van der Waals surface area contributed by atoms with Crippen LogP contribution in [0.1, 0.15) is 17.4 Å². The van der Waals surface area contributed by atoms with E-state index in [4.69, 9.17) is 0 Å². The molecule has 2 N–H and O–H groups in total. The van der Waals surface area contributed by atoms with Crippen molar-refractivity contribution < 1.29 is 4.79 Å². The van der Waals surface area contributed by atoms with Crippen molar-refractivity contribution in [2.45, 2.75) is 13.5 Å². The van der Waals surface area contributed by atoms with E-state index in [0.717, 1.165) is 17.8 Å². The van der Waals surface area contributed by atoms with Gasteiger partial charge in [0.25, 0.3) is 5.91 Å². The van der Waals surface area contributed by atoms with Crippen LogP contribution in [0, 0.1) is 0 Å². The van der Waals surface area contributed by atoms with Crippen LogP contribution in [-0.2, 0) is 6.54 Å². The van der Waals surface area contributed by atoms with E-state index in [1.165, 1.54) is 0 Å². The fraction of sp³-hybridized carbons (Fsp3) is 0.133. The molecule has 106 valence electrons. The Hall–Kier alpha value is -2.89. The van der Waals surface area contributed by atoms with Crippen molar-refractivity contribution in [3.63, 3.8) is 0 Å². The topological polar surface area (TPSA) is 75.6 Å². The predicted octanol–water partition coefficient (Wildman–Crippen LogP) is 2.55. The Morgan fingerprint density at radius 1 is 1.29 bits per heavy atom. The molecule has 6 heteroatoms. The SMILES string of the molecule is CCn1ccc(C(=O)Nc2cc(-c3ccccc3)[nH]n2)n1. The summed E-state index contributed by atoms with van der Waals surface area (Å²) in [5.41, 5.74) is 2.24. The molecule has 1 amide bonds. The van der Waals surface area contributed by atoms with Crippen molar-refractivity contribution in [2.75, 3.05) is 5.32 Å². The number of aromatic amines is 1. The summed E-state index contributed by atoms with van der Waals surface area (Å²) < 4.78 is 1.70. The van der Waals surface area contributed by atoms with Gasteiger partial charge in [-0.15, -0.1) is 0 Å². The lowest BCUT2D eigenvalue weighted by Gasteiger charge is -1.98. The summed E-state index contributed by atoms with van der Waals surface area (Å²) in [6.07, 6.45) is 1.77. The number of hydrogen-bond donors (Lipinski definition) is 2. The molecular weight excluding hydrogens is 266 g/mol. The molecule has 0 unspecified atom stereocenters. The lowest BCUT2D eigenvalue weighted by Crippen LogP contribution is -2.13. The Kier molecular flexibility index (Phi) is 3.51. The van der Waals surface area contributed by atoms with E-state index in [0.29, 0.717) is 11.5 Å². The molecule has 0 aliphatic heterocycles. The number of benzene rings is 1. The van der Waals surface area contributed by atoms with Crippen molar-refractivity contribution in [2.24, 2.45) is 0 Å². The van der Waals surface area contributed by atoms with Crippen LogP contribution in [0.4, 0.5) is 5.82 Å². The first-order valence-corrected chi connectivity index (χ1v) is 6.72. The van der Waals surface area contributed by atoms with Crippen LogP contribution in [0.2, 0.25) is 0 Å². The average Bonchev–Trinajstić information content (AvgIpc) is 3.17. The van der Waals surface area contributed by atoms with Gasteiger partial charge in [-0.3, -0.25) is 14.6 Å². The molecule has 0 spiro atoms. The molecule has 2 aromatic heterocycles. The lowest BCUT2D eigenvalue weighted by atomic mass is 10.1. The van der Waals surface area contributed by atoms with Gasteiger partial charge < -0.3 is 5.32 Å². The van der Waals surface area contributed by atoms with Gasteiger partial charge in [0, 0.05) is 18.8 Å². The zero-order valence-corrected chi connectivity index (χ0v) is 11.6. The summed E-state index contributed by atoms with van der Waals surface area (Å²) in [4.78, 5) is 12.0. The van der Waals surface area contributed by atoms with Crippen molar-refractivity contribution in [1.29, 1.82) is 0 Å². The minimum absolute atomic E-state index is 0.270. The molecule has 21 heavy (non-hydrogen) atoms. The highest BCUT2D eigenvalue weighted by Gasteiger charge is 2.11. The minimum Gasteiger partial charge on any atom is -0.304 e. The minimum atomic E-state index is -0.270. The maximum atomic E-state index is 12.0. The predicted molar refractivity (Wildman–Crippen MR) is 79.9 cm³/mol. The van der Waals surface area contributed by atoms with Crippen LogP contribution in [0.25, 0.3) is 11.3 Å². The van der Waals surface area contributed by atoms with Gasteiger partial charge in [-0.2, -0.15) is 10.2 Å². The Morgan fingerprint density at radius 3 is 2.81 bits per heavy atom. The molecule has 0 radical (unpaired) electrons. The third-order valence-corrected chi connectivity index (χ3v) is 3.10. The molecule has 0 saturated carbocycles. The maximum Gasteiger partial charge on any atom is 0.277 e. The standard InChI is InChI=1S/C15H15N5O/c1-2-20-9-8-12(19-20)15(21)16-14-10-13(17-18-14)11-6-4-3-5-7-11/h3-10H,2H2,1H3,(H2,16,17,18,21). The van der Waals surface area contributed by atoms with Crippen molar-refractivity contribution >= 4 is 11.7 Å². The number of anilines is 1. The van der Waals surface area contributed by atoms with Crippen LogP contribution >= 0.6 is 0 Å². The van der Waals surface area contributed by atoms with Gasteiger partial charge in [0.1, 0.15) is 0 Å². The molecule has 6 nitrogen and oxygen atoms in total. The molecule has 0 fully saturated rings. The molecule has 3 aromatic rings. The molecule has 0 bridgehead atoms. The highest BCUT2D eigenvalue weighted by Crippen LogP contribution is 2.19. The molecule has 2 heterocycles. The van der Waals surface area contributed by atoms with E-state index in [2.05, 4.69) is 20.6 Å². The second kappa shape index (κ2) is 5.62. The van der Waals surface area contributed by atoms with E-state index in [1.54, 1.807) is 23.0 Å². The third-order valence-electron chi connectivity index (χ3n) is 3.10. The number of H-pyrrole nitrogens is 1.